The van der Waals surface area contributed by atoms with Gasteiger partial charge in [-0.2, -0.15) is 0 Å². The molecule has 1 aliphatic heterocycles. The number of benzene rings is 1. The summed E-state index contributed by atoms with van der Waals surface area (Å²) in [6.07, 6.45) is -0.533. The topological polar surface area (TPSA) is 95.9 Å². The number of nitrogens with zero attached hydrogens (tertiary/aromatic N) is 1. The Balaban J connectivity index is 1.89. The van der Waals surface area contributed by atoms with Crippen LogP contribution in [-0.4, -0.2) is 52.5 Å². The number of Topliss-reactive ketones (excluding diaryl/α,β-unsaturated/α-hetero) is 1. The second kappa shape index (κ2) is 7.00. The number of amides is 3. The number of ether oxygens (including phenoxy) is 1. The molecule has 2 N–H and O–H groups in total. The van der Waals surface area contributed by atoms with Gasteiger partial charge in [0, 0.05) is 5.56 Å². The lowest BCUT2D eigenvalue weighted by Crippen LogP contribution is -2.44. The minimum absolute atomic E-state index is 0.0425. The summed E-state index contributed by atoms with van der Waals surface area (Å²) in [5.74, 6) is 0.105. The van der Waals surface area contributed by atoms with Crippen molar-refractivity contribution >= 4 is 17.7 Å². The van der Waals surface area contributed by atoms with Crippen molar-refractivity contribution in [2.45, 2.75) is 38.8 Å². The second-order valence-corrected chi connectivity index (χ2v) is 6.08. The molecule has 0 saturated carbocycles. The maximum atomic E-state index is 12.2. The molecule has 1 heterocycles. The lowest BCUT2D eigenvalue weighted by atomic mass is 9.99. The van der Waals surface area contributed by atoms with E-state index in [-0.39, 0.29) is 24.8 Å². The molecular weight excluding hydrogens is 312 g/mol. The lowest BCUT2D eigenvalue weighted by molar-refractivity contribution is -0.132. The maximum Gasteiger partial charge on any atom is 0.325 e. The first-order valence-corrected chi connectivity index (χ1v) is 7.83. The van der Waals surface area contributed by atoms with Crippen LogP contribution in [0.2, 0.25) is 0 Å². The number of hydrogen-bond donors (Lipinski definition) is 2. The number of ketones is 1. The number of aliphatic hydroxyl groups excluding tert-OH is 1. The monoisotopic (exact) mass is 334 g/mol. The van der Waals surface area contributed by atoms with Crippen molar-refractivity contribution in [3.63, 3.8) is 0 Å². The van der Waals surface area contributed by atoms with E-state index in [1.807, 2.05) is 6.92 Å². The molecule has 0 aliphatic carbocycles. The number of carbonyl (C=O) groups is 3. The molecule has 130 valence electrons. The number of hydrogen-bond acceptors (Lipinski definition) is 5. The van der Waals surface area contributed by atoms with Gasteiger partial charge in [-0.25, -0.2) is 4.79 Å². The van der Waals surface area contributed by atoms with E-state index in [2.05, 4.69) is 5.32 Å². The molecule has 1 aliphatic rings. The predicted molar refractivity (Wildman–Crippen MR) is 86.9 cm³/mol. The molecule has 7 nitrogen and oxygen atoms in total. The van der Waals surface area contributed by atoms with Crippen LogP contribution in [-0.2, 0) is 4.79 Å². The van der Waals surface area contributed by atoms with Gasteiger partial charge < -0.3 is 15.2 Å². The number of rotatable bonds is 7. The summed E-state index contributed by atoms with van der Waals surface area (Å²) in [6, 6.07) is 6.02. The summed E-state index contributed by atoms with van der Waals surface area (Å²) in [4.78, 5) is 36.3. The van der Waals surface area contributed by atoms with E-state index in [1.165, 1.54) is 6.92 Å². The minimum atomic E-state index is -1.01. The summed E-state index contributed by atoms with van der Waals surface area (Å²) >= 11 is 0. The van der Waals surface area contributed by atoms with E-state index in [0.29, 0.717) is 17.7 Å². The van der Waals surface area contributed by atoms with Gasteiger partial charge in [-0.05, 0) is 44.5 Å². The van der Waals surface area contributed by atoms with Crippen molar-refractivity contribution < 1.29 is 24.2 Å². The van der Waals surface area contributed by atoms with Crippen molar-refractivity contribution in [2.24, 2.45) is 0 Å². The Hall–Kier alpha value is -2.41. The second-order valence-electron chi connectivity index (χ2n) is 6.08. The number of nitrogens with one attached hydrogen (secondary N) is 1. The third-order valence-electron chi connectivity index (χ3n) is 4.15. The average molecular weight is 334 g/mol. The molecule has 0 bridgehead atoms. The first-order chi connectivity index (χ1) is 11.3. The highest BCUT2D eigenvalue weighted by Gasteiger charge is 2.46. The highest BCUT2D eigenvalue weighted by Crippen LogP contribution is 2.21. The molecule has 1 fully saturated rings. The molecule has 0 aromatic heterocycles. The van der Waals surface area contributed by atoms with Crippen LogP contribution in [0, 0.1) is 0 Å². The van der Waals surface area contributed by atoms with Gasteiger partial charge in [-0.1, -0.05) is 6.92 Å². The summed E-state index contributed by atoms with van der Waals surface area (Å²) in [5, 5.41) is 12.7. The van der Waals surface area contributed by atoms with E-state index in [1.54, 1.807) is 31.2 Å². The highest BCUT2D eigenvalue weighted by molar-refractivity contribution is 6.06. The van der Waals surface area contributed by atoms with Crippen LogP contribution in [0.25, 0.3) is 0 Å². The van der Waals surface area contributed by atoms with Crippen LogP contribution in [0.15, 0.2) is 24.3 Å². The van der Waals surface area contributed by atoms with E-state index in [9.17, 15) is 19.5 Å². The summed E-state index contributed by atoms with van der Waals surface area (Å²) in [7, 11) is 0. The summed E-state index contributed by atoms with van der Waals surface area (Å²) < 4.78 is 5.43. The van der Waals surface area contributed by atoms with Gasteiger partial charge in [0.05, 0.1) is 6.54 Å². The quantitative estimate of drug-likeness (QED) is 0.580. The largest absolute Gasteiger partial charge is 0.491 e. The van der Waals surface area contributed by atoms with E-state index in [4.69, 9.17) is 4.74 Å². The van der Waals surface area contributed by atoms with Crippen LogP contribution < -0.4 is 10.1 Å². The molecule has 1 aromatic rings. The fraction of sp³-hybridized carbons (Fsp3) is 0.471. The van der Waals surface area contributed by atoms with Crippen LogP contribution >= 0.6 is 0 Å². The first kappa shape index (κ1) is 17.9. The molecule has 24 heavy (non-hydrogen) atoms. The van der Waals surface area contributed by atoms with Crippen LogP contribution in [0.4, 0.5) is 4.79 Å². The van der Waals surface area contributed by atoms with Gasteiger partial charge in [0.1, 0.15) is 24.0 Å². The van der Waals surface area contributed by atoms with Crippen molar-refractivity contribution in [3.8, 4) is 5.75 Å². The Kier molecular flexibility index (Phi) is 5.23. The van der Waals surface area contributed by atoms with E-state index in [0.717, 1.165) is 4.90 Å². The van der Waals surface area contributed by atoms with E-state index < -0.39 is 17.7 Å². The van der Waals surface area contributed by atoms with Gasteiger partial charge in [-0.3, -0.25) is 14.5 Å². The van der Waals surface area contributed by atoms with Gasteiger partial charge >= 0.3 is 6.03 Å². The highest BCUT2D eigenvalue weighted by atomic mass is 16.5. The molecule has 2 unspecified atom stereocenters. The van der Waals surface area contributed by atoms with Crippen molar-refractivity contribution in [1.29, 1.82) is 0 Å². The molecule has 2 atom stereocenters. The first-order valence-electron chi connectivity index (χ1n) is 7.83. The van der Waals surface area contributed by atoms with Crippen molar-refractivity contribution in [3.05, 3.63) is 29.8 Å². The molecule has 1 aromatic carbocycles. The Labute approximate surface area is 140 Å². The molecule has 3 amide bonds. The van der Waals surface area contributed by atoms with Crippen molar-refractivity contribution in [1.82, 2.24) is 10.2 Å². The number of carbonyl (C=O) groups excluding carboxylic acids is 3. The zero-order valence-electron chi connectivity index (χ0n) is 14.0. The van der Waals surface area contributed by atoms with Gasteiger partial charge in [-0.15, -0.1) is 0 Å². The Morgan fingerprint density at radius 1 is 1.33 bits per heavy atom. The van der Waals surface area contributed by atoms with E-state index >= 15 is 0 Å². The predicted octanol–water partition coefficient (Wildman–Crippen LogP) is 1.35. The Morgan fingerprint density at radius 2 is 1.96 bits per heavy atom. The Bertz CT molecular complexity index is 643. The molecule has 2 rings (SSSR count). The number of urea groups is 1. The van der Waals surface area contributed by atoms with Gasteiger partial charge in [0.25, 0.3) is 5.91 Å². The lowest BCUT2D eigenvalue weighted by Gasteiger charge is -2.21. The van der Waals surface area contributed by atoms with Gasteiger partial charge in [0.2, 0.25) is 0 Å². The standard InChI is InChI=1S/C17H22N2O5/c1-4-17(3)15(22)19(16(23)18-17)9-13(21)10-24-14-7-5-12(6-8-14)11(2)20/h5-8,13,21H,4,9-10H2,1-3H3,(H,18,23). The molecule has 0 spiro atoms. The average Bonchev–Trinajstić information content (AvgIpc) is 2.77. The SMILES string of the molecule is CCC1(C)NC(=O)N(CC(O)COc2ccc(C(C)=O)cc2)C1=O. The van der Waals surface area contributed by atoms with Gasteiger partial charge in [0.15, 0.2) is 5.78 Å². The number of aliphatic hydroxyl groups is 1. The van der Waals surface area contributed by atoms with Crippen LogP contribution in [0.1, 0.15) is 37.6 Å². The van der Waals surface area contributed by atoms with Crippen LogP contribution in [0.5, 0.6) is 5.75 Å². The Morgan fingerprint density at radius 3 is 2.46 bits per heavy atom. The van der Waals surface area contributed by atoms with Crippen LogP contribution in [0.3, 0.4) is 0 Å². The molecule has 7 heteroatoms. The molecule has 1 saturated heterocycles. The molecular formula is C17H22N2O5. The minimum Gasteiger partial charge on any atom is -0.491 e. The third kappa shape index (κ3) is 3.73. The van der Waals surface area contributed by atoms with Crippen molar-refractivity contribution in [2.75, 3.05) is 13.2 Å². The molecule has 0 radical (unpaired) electrons. The smallest absolute Gasteiger partial charge is 0.325 e. The normalized spacial score (nSPS) is 21.6. The summed E-state index contributed by atoms with van der Waals surface area (Å²) in [5.41, 5.74) is -0.346. The zero-order valence-corrected chi connectivity index (χ0v) is 14.0. The third-order valence-corrected chi connectivity index (χ3v) is 4.15. The zero-order chi connectivity index (χ0) is 17.9. The number of β-amino-alcohol motifs (C(OH)–C–C–N with tert-alkyl or cyclic N) is 1. The number of imide groups is 1. The fourth-order valence-electron chi connectivity index (χ4n) is 2.39. The summed E-state index contributed by atoms with van der Waals surface area (Å²) in [6.45, 7) is 4.74. The maximum absolute atomic E-state index is 12.2. The fourth-order valence-corrected chi connectivity index (χ4v) is 2.39.